The van der Waals surface area contributed by atoms with Crippen molar-refractivity contribution in [2.45, 2.75) is 13.0 Å². The molecule has 0 fully saturated rings. The molecule has 0 aliphatic carbocycles. The van der Waals surface area contributed by atoms with Gasteiger partial charge in [-0.3, -0.25) is 9.78 Å². The second-order valence-corrected chi connectivity index (χ2v) is 4.90. The highest BCUT2D eigenvalue weighted by molar-refractivity contribution is 6.10. The Labute approximate surface area is 126 Å². The minimum Gasteiger partial charge on any atom is -0.451 e. The van der Waals surface area contributed by atoms with Crippen LogP contribution < -0.4 is 0 Å². The maximum atomic E-state index is 12.5. The molecular formula is C17H14N2O3. The van der Waals surface area contributed by atoms with E-state index in [1.807, 2.05) is 24.3 Å². The lowest BCUT2D eigenvalue weighted by atomic mass is 10.1. The van der Waals surface area contributed by atoms with E-state index in [0.717, 1.165) is 10.9 Å². The molecule has 0 aliphatic heterocycles. The SMILES string of the molecule is C[C@@H](OC(=O)c1ccncc1)C(=O)c1c[nH]c2ccccc12. The van der Waals surface area contributed by atoms with E-state index in [4.69, 9.17) is 4.74 Å². The second kappa shape index (κ2) is 5.81. The van der Waals surface area contributed by atoms with Crippen molar-refractivity contribution < 1.29 is 14.3 Å². The van der Waals surface area contributed by atoms with Gasteiger partial charge in [0, 0.05) is 35.1 Å². The van der Waals surface area contributed by atoms with E-state index in [1.165, 1.54) is 12.4 Å². The number of nitrogens with zero attached hydrogens (tertiary/aromatic N) is 1. The summed E-state index contributed by atoms with van der Waals surface area (Å²) in [5.74, 6) is -0.775. The molecule has 1 atom stereocenters. The molecule has 2 aromatic heterocycles. The molecule has 3 rings (SSSR count). The number of nitrogens with one attached hydrogen (secondary N) is 1. The van der Waals surface area contributed by atoms with Crippen molar-refractivity contribution in [3.8, 4) is 0 Å². The number of fused-ring (bicyclic) bond motifs is 1. The van der Waals surface area contributed by atoms with Gasteiger partial charge in [0.1, 0.15) is 0 Å². The van der Waals surface area contributed by atoms with Gasteiger partial charge in [-0.1, -0.05) is 18.2 Å². The van der Waals surface area contributed by atoms with Crippen molar-refractivity contribution in [1.29, 1.82) is 0 Å². The van der Waals surface area contributed by atoms with Gasteiger partial charge >= 0.3 is 5.97 Å². The quantitative estimate of drug-likeness (QED) is 0.593. The Kier molecular flexibility index (Phi) is 3.70. The number of aromatic nitrogens is 2. The number of H-pyrrole nitrogens is 1. The van der Waals surface area contributed by atoms with Crippen LogP contribution in [0.1, 0.15) is 27.6 Å². The Hall–Kier alpha value is -2.95. The van der Waals surface area contributed by atoms with Crippen LogP contribution in [-0.2, 0) is 4.74 Å². The average molecular weight is 294 g/mol. The van der Waals surface area contributed by atoms with Gasteiger partial charge in [0.15, 0.2) is 6.10 Å². The standard InChI is InChI=1S/C17H14N2O3/c1-11(22-17(21)12-6-8-18-9-7-12)16(20)14-10-19-15-5-3-2-4-13(14)15/h2-11,19H,1H3/t11-/m1/s1. The van der Waals surface area contributed by atoms with E-state index < -0.39 is 12.1 Å². The number of rotatable bonds is 4. The lowest BCUT2D eigenvalue weighted by molar-refractivity contribution is 0.0319. The number of esters is 1. The Bertz CT molecular complexity index is 824. The fourth-order valence-electron chi connectivity index (χ4n) is 2.26. The Morgan fingerprint density at radius 1 is 1.14 bits per heavy atom. The van der Waals surface area contributed by atoms with Gasteiger partial charge in [-0.15, -0.1) is 0 Å². The lowest BCUT2D eigenvalue weighted by Gasteiger charge is -2.11. The predicted molar refractivity (Wildman–Crippen MR) is 81.7 cm³/mol. The third-order valence-electron chi connectivity index (χ3n) is 3.42. The predicted octanol–water partition coefficient (Wildman–Crippen LogP) is 2.99. The molecule has 22 heavy (non-hydrogen) atoms. The summed E-state index contributed by atoms with van der Waals surface area (Å²) in [6.07, 6.45) is 3.79. The van der Waals surface area contributed by atoms with E-state index in [0.29, 0.717) is 11.1 Å². The first-order valence-electron chi connectivity index (χ1n) is 6.88. The number of carbonyl (C=O) groups excluding carboxylic acids is 2. The molecule has 0 spiro atoms. The van der Waals surface area contributed by atoms with Crippen LogP contribution in [0, 0.1) is 0 Å². The number of carbonyl (C=O) groups is 2. The summed E-state index contributed by atoms with van der Waals surface area (Å²) in [6.45, 7) is 1.57. The number of hydrogen-bond donors (Lipinski definition) is 1. The van der Waals surface area contributed by atoms with Crippen molar-refractivity contribution in [3.05, 3.63) is 66.1 Å². The molecule has 0 unspecified atom stereocenters. The molecule has 0 aliphatic rings. The van der Waals surface area contributed by atoms with Crippen LogP contribution in [0.25, 0.3) is 10.9 Å². The molecule has 3 aromatic rings. The zero-order chi connectivity index (χ0) is 15.5. The van der Waals surface area contributed by atoms with E-state index in [1.54, 1.807) is 25.3 Å². The molecule has 0 amide bonds. The molecule has 0 saturated carbocycles. The van der Waals surface area contributed by atoms with Crippen molar-refractivity contribution in [3.63, 3.8) is 0 Å². The van der Waals surface area contributed by atoms with Gasteiger partial charge in [-0.2, -0.15) is 0 Å². The summed E-state index contributed by atoms with van der Waals surface area (Å²) in [7, 11) is 0. The first kappa shape index (κ1) is 14.0. The van der Waals surface area contributed by atoms with E-state index in [2.05, 4.69) is 9.97 Å². The second-order valence-electron chi connectivity index (χ2n) is 4.90. The van der Waals surface area contributed by atoms with Gasteiger partial charge in [0.25, 0.3) is 0 Å². The molecule has 1 aromatic carbocycles. The van der Waals surface area contributed by atoms with Crippen LogP contribution in [0.2, 0.25) is 0 Å². The topological polar surface area (TPSA) is 72.0 Å². The first-order chi connectivity index (χ1) is 10.7. The maximum absolute atomic E-state index is 12.5. The van der Waals surface area contributed by atoms with Gasteiger partial charge in [0.05, 0.1) is 5.56 Å². The molecule has 2 heterocycles. The van der Waals surface area contributed by atoms with Crippen molar-refractivity contribution in [2.24, 2.45) is 0 Å². The van der Waals surface area contributed by atoms with E-state index in [-0.39, 0.29) is 5.78 Å². The number of ketones is 1. The minimum atomic E-state index is -0.861. The summed E-state index contributed by atoms with van der Waals surface area (Å²) < 4.78 is 5.24. The number of ether oxygens (including phenoxy) is 1. The Morgan fingerprint density at radius 3 is 2.64 bits per heavy atom. The van der Waals surface area contributed by atoms with Crippen LogP contribution >= 0.6 is 0 Å². The number of para-hydroxylation sites is 1. The van der Waals surface area contributed by atoms with Gasteiger partial charge in [-0.05, 0) is 25.1 Å². The molecule has 0 radical (unpaired) electrons. The fraction of sp³-hybridized carbons (Fsp3) is 0.118. The van der Waals surface area contributed by atoms with E-state index in [9.17, 15) is 9.59 Å². The normalized spacial score (nSPS) is 12.0. The summed E-state index contributed by atoms with van der Waals surface area (Å²) in [5, 5.41) is 0.819. The molecular weight excluding hydrogens is 280 g/mol. The fourth-order valence-corrected chi connectivity index (χ4v) is 2.26. The molecule has 5 heteroatoms. The third kappa shape index (κ3) is 2.61. The molecule has 0 bridgehead atoms. The zero-order valence-corrected chi connectivity index (χ0v) is 11.9. The summed E-state index contributed by atoms with van der Waals surface area (Å²) in [5.41, 5.74) is 1.76. The summed E-state index contributed by atoms with van der Waals surface area (Å²) in [4.78, 5) is 31.3. The van der Waals surface area contributed by atoms with Crippen LogP contribution in [0.3, 0.4) is 0 Å². The highest BCUT2D eigenvalue weighted by Gasteiger charge is 2.22. The highest BCUT2D eigenvalue weighted by atomic mass is 16.5. The Morgan fingerprint density at radius 2 is 1.86 bits per heavy atom. The maximum Gasteiger partial charge on any atom is 0.338 e. The number of pyridine rings is 1. The zero-order valence-electron chi connectivity index (χ0n) is 11.9. The van der Waals surface area contributed by atoms with E-state index >= 15 is 0 Å². The van der Waals surface area contributed by atoms with Gasteiger partial charge in [0.2, 0.25) is 5.78 Å². The van der Waals surface area contributed by atoms with Crippen molar-refractivity contribution in [1.82, 2.24) is 9.97 Å². The van der Waals surface area contributed by atoms with Crippen LogP contribution in [0.15, 0.2) is 55.0 Å². The van der Waals surface area contributed by atoms with Crippen molar-refractivity contribution in [2.75, 3.05) is 0 Å². The first-order valence-corrected chi connectivity index (χ1v) is 6.88. The van der Waals surface area contributed by atoms with Gasteiger partial charge < -0.3 is 9.72 Å². The summed E-state index contributed by atoms with van der Waals surface area (Å²) >= 11 is 0. The summed E-state index contributed by atoms with van der Waals surface area (Å²) in [6, 6.07) is 10.6. The van der Waals surface area contributed by atoms with Crippen LogP contribution in [0.4, 0.5) is 0 Å². The smallest absolute Gasteiger partial charge is 0.338 e. The largest absolute Gasteiger partial charge is 0.451 e. The Balaban J connectivity index is 1.79. The number of benzene rings is 1. The highest BCUT2D eigenvalue weighted by Crippen LogP contribution is 2.20. The minimum absolute atomic E-state index is 0.236. The third-order valence-corrected chi connectivity index (χ3v) is 3.42. The van der Waals surface area contributed by atoms with Crippen LogP contribution in [-0.4, -0.2) is 27.8 Å². The van der Waals surface area contributed by atoms with Crippen molar-refractivity contribution >= 4 is 22.7 Å². The molecule has 5 nitrogen and oxygen atoms in total. The molecule has 0 saturated heterocycles. The molecule has 110 valence electrons. The monoisotopic (exact) mass is 294 g/mol. The average Bonchev–Trinajstić information content (AvgIpc) is 2.99. The molecule has 1 N–H and O–H groups in total. The number of aromatic amines is 1. The lowest BCUT2D eigenvalue weighted by Crippen LogP contribution is -2.24. The number of Topliss-reactive ketones (excluding diaryl/α,β-unsaturated/α-hetero) is 1. The van der Waals surface area contributed by atoms with Gasteiger partial charge in [-0.25, -0.2) is 4.79 Å². The number of hydrogen-bond acceptors (Lipinski definition) is 4. The van der Waals surface area contributed by atoms with Crippen LogP contribution in [0.5, 0.6) is 0 Å².